The smallest absolute Gasteiger partial charge is 0.457 e. The van der Waals surface area contributed by atoms with Crippen LogP contribution < -0.4 is 0 Å². The molecule has 1 saturated carbocycles. The van der Waals surface area contributed by atoms with E-state index < -0.39 is 63.1 Å². The Balaban J connectivity index is 2.32. The van der Waals surface area contributed by atoms with Crippen molar-refractivity contribution in [2.75, 3.05) is 19.8 Å². The highest BCUT2D eigenvalue weighted by Gasteiger charge is 2.51. The summed E-state index contributed by atoms with van der Waals surface area (Å²) >= 11 is 0. The van der Waals surface area contributed by atoms with Gasteiger partial charge in [-0.3, -0.25) is 13.8 Å². The molecule has 0 aromatic carbocycles. The molecule has 1 aliphatic carbocycles. The van der Waals surface area contributed by atoms with Gasteiger partial charge in [0.05, 0.1) is 13.2 Å². The van der Waals surface area contributed by atoms with Crippen molar-refractivity contribution in [2.45, 2.75) is 262 Å². The number of aliphatic hydroxyl groups excluding tert-OH is 5. The number of carbonyl (C=O) groups excluding carboxylic acids is 1. The Morgan fingerprint density at radius 2 is 0.810 bits per heavy atom. The molecule has 0 amide bonds. The van der Waals surface area contributed by atoms with E-state index in [1.807, 2.05) is 0 Å². The number of unbranched alkanes of at least 4 members (excludes halogenated alkanes) is 29. The minimum absolute atomic E-state index is 0.0680. The van der Waals surface area contributed by atoms with Crippen LogP contribution in [0.25, 0.3) is 0 Å². The van der Waals surface area contributed by atoms with Crippen molar-refractivity contribution in [3.8, 4) is 0 Å². The molecular weight excluding hydrogens is 763 g/mol. The molecule has 1 rings (SSSR count). The zero-order valence-corrected chi connectivity index (χ0v) is 37.8. The lowest BCUT2D eigenvalue weighted by molar-refractivity contribution is -0.220. The summed E-state index contributed by atoms with van der Waals surface area (Å²) < 4.78 is 34.2. The fourth-order valence-electron chi connectivity index (χ4n) is 7.65. The van der Waals surface area contributed by atoms with Gasteiger partial charge in [-0.05, 0) is 12.8 Å². The minimum Gasteiger partial charge on any atom is -0.457 e. The summed E-state index contributed by atoms with van der Waals surface area (Å²) in [4.78, 5) is 23.1. The van der Waals surface area contributed by atoms with E-state index in [0.29, 0.717) is 13.0 Å². The number of esters is 1. The first kappa shape index (κ1) is 55.4. The van der Waals surface area contributed by atoms with Crippen molar-refractivity contribution < 1.29 is 58.3 Å². The number of hydrogen-bond acceptors (Lipinski definition) is 11. The Hall–Kier alpha value is -0.660. The molecule has 0 bridgehead atoms. The molecule has 0 saturated heterocycles. The average Bonchev–Trinajstić information content (AvgIpc) is 3.21. The van der Waals surface area contributed by atoms with Crippen LogP contribution in [0.5, 0.6) is 0 Å². The van der Waals surface area contributed by atoms with Crippen LogP contribution in [0.3, 0.4) is 0 Å². The summed E-state index contributed by atoms with van der Waals surface area (Å²) in [6.45, 7) is 4.28. The van der Waals surface area contributed by atoms with E-state index in [1.165, 1.54) is 154 Å². The second-order valence-electron chi connectivity index (χ2n) is 17.0. The largest absolute Gasteiger partial charge is 0.472 e. The Labute approximate surface area is 353 Å². The summed E-state index contributed by atoms with van der Waals surface area (Å²) in [5.74, 6) is -0.473. The minimum atomic E-state index is -5.01. The fraction of sp³-hybridized carbons (Fsp3) is 0.978. The van der Waals surface area contributed by atoms with E-state index in [-0.39, 0.29) is 13.0 Å². The molecule has 1 fully saturated rings. The van der Waals surface area contributed by atoms with Gasteiger partial charge in [-0.15, -0.1) is 0 Å². The molecule has 58 heavy (non-hydrogen) atoms. The Morgan fingerprint density at radius 1 is 0.483 bits per heavy atom. The molecule has 8 atom stereocenters. The number of aliphatic hydroxyl groups is 5. The molecule has 1 aliphatic rings. The van der Waals surface area contributed by atoms with Crippen molar-refractivity contribution in [1.82, 2.24) is 0 Å². The quantitative estimate of drug-likeness (QED) is 0.0194. The first-order valence-corrected chi connectivity index (χ1v) is 25.4. The van der Waals surface area contributed by atoms with Gasteiger partial charge in [-0.1, -0.05) is 200 Å². The molecule has 0 spiro atoms. The summed E-state index contributed by atoms with van der Waals surface area (Å²) in [5, 5.41) is 50.1. The lowest BCUT2D eigenvalue weighted by atomic mass is 9.85. The third-order valence-corrected chi connectivity index (χ3v) is 12.5. The predicted octanol–water partition coefficient (Wildman–Crippen LogP) is 9.76. The second kappa shape index (κ2) is 36.9. The first-order valence-electron chi connectivity index (χ1n) is 23.9. The van der Waals surface area contributed by atoms with Crippen LogP contribution in [0, 0.1) is 0 Å². The van der Waals surface area contributed by atoms with Crippen molar-refractivity contribution in [3.63, 3.8) is 0 Å². The fourth-order valence-corrected chi connectivity index (χ4v) is 8.62. The van der Waals surface area contributed by atoms with Crippen LogP contribution >= 0.6 is 7.82 Å². The van der Waals surface area contributed by atoms with Crippen LogP contribution in [0.2, 0.25) is 0 Å². The van der Waals surface area contributed by atoms with Gasteiger partial charge in [0.15, 0.2) is 0 Å². The highest BCUT2D eigenvalue weighted by molar-refractivity contribution is 7.47. The van der Waals surface area contributed by atoms with Gasteiger partial charge >= 0.3 is 13.8 Å². The summed E-state index contributed by atoms with van der Waals surface area (Å²) in [6.07, 6.45) is 26.1. The second-order valence-corrected chi connectivity index (χ2v) is 18.4. The van der Waals surface area contributed by atoms with Gasteiger partial charge in [0.25, 0.3) is 0 Å². The first-order chi connectivity index (χ1) is 28.0. The van der Waals surface area contributed by atoms with Gasteiger partial charge in [0.1, 0.15) is 42.7 Å². The van der Waals surface area contributed by atoms with Crippen LogP contribution in [0.1, 0.15) is 219 Å². The standard InChI is InChI=1S/C45H89O12P/c1-3-5-7-9-11-13-15-16-17-18-19-20-21-22-23-25-27-29-31-33-35-54-36-38(56-39(46)34-32-30-28-26-24-14-12-10-8-6-4-2)37-55-58(52,53)57-45-43(50)41(48)40(47)42(49)44(45)51/h38,40-45,47-51H,3-37H2,1-2H3,(H,52,53)/t38-,40?,41-,42?,43?,44?,45?/m1/s1. The summed E-state index contributed by atoms with van der Waals surface area (Å²) in [6, 6.07) is 0. The molecule has 346 valence electrons. The van der Waals surface area contributed by atoms with Gasteiger partial charge in [0, 0.05) is 13.0 Å². The number of hydrogen-bond donors (Lipinski definition) is 6. The van der Waals surface area contributed by atoms with Crippen LogP contribution in [0.4, 0.5) is 0 Å². The summed E-state index contributed by atoms with van der Waals surface area (Å²) in [5.41, 5.74) is 0. The number of phosphoric acid groups is 1. The molecule has 0 aliphatic heterocycles. The maximum atomic E-state index is 12.8. The molecular formula is C45H89O12P. The highest BCUT2D eigenvalue weighted by Crippen LogP contribution is 2.47. The van der Waals surface area contributed by atoms with Gasteiger partial charge in [-0.25, -0.2) is 4.57 Å². The topological polar surface area (TPSA) is 192 Å². The number of phosphoric ester groups is 1. The molecule has 0 aromatic heterocycles. The van der Waals surface area contributed by atoms with E-state index in [2.05, 4.69) is 13.8 Å². The van der Waals surface area contributed by atoms with E-state index in [9.17, 15) is 39.8 Å². The normalized spacial score (nSPS) is 22.6. The molecule has 13 heteroatoms. The van der Waals surface area contributed by atoms with Crippen molar-refractivity contribution in [1.29, 1.82) is 0 Å². The van der Waals surface area contributed by atoms with Crippen LogP contribution in [-0.4, -0.2) is 98.9 Å². The zero-order valence-electron chi connectivity index (χ0n) is 36.9. The molecule has 0 heterocycles. The van der Waals surface area contributed by atoms with Crippen molar-refractivity contribution >= 4 is 13.8 Å². The Morgan fingerprint density at radius 3 is 1.19 bits per heavy atom. The maximum absolute atomic E-state index is 12.8. The number of ether oxygens (including phenoxy) is 2. The SMILES string of the molecule is CCCCCCCCCCCCCCCCCCCCCCOC[C@H](COP(=O)(O)OC1C(O)C(O)C(O)[C@@H](O)C1O)OC(=O)CCCCCCCCCCCCC. The predicted molar refractivity (Wildman–Crippen MR) is 230 cm³/mol. The van der Waals surface area contributed by atoms with Gasteiger partial charge in [0.2, 0.25) is 0 Å². The lowest BCUT2D eigenvalue weighted by Gasteiger charge is -2.41. The monoisotopic (exact) mass is 853 g/mol. The van der Waals surface area contributed by atoms with Crippen molar-refractivity contribution in [2.24, 2.45) is 0 Å². The third-order valence-electron chi connectivity index (χ3n) is 11.5. The molecule has 6 unspecified atom stereocenters. The van der Waals surface area contributed by atoms with Crippen LogP contribution in [-0.2, 0) is 27.9 Å². The molecule has 0 aromatic rings. The molecule has 12 nitrogen and oxygen atoms in total. The summed E-state index contributed by atoms with van der Waals surface area (Å²) in [7, 11) is -5.01. The highest BCUT2D eigenvalue weighted by atomic mass is 31.2. The van der Waals surface area contributed by atoms with Crippen molar-refractivity contribution in [3.05, 3.63) is 0 Å². The maximum Gasteiger partial charge on any atom is 0.472 e. The van der Waals surface area contributed by atoms with E-state index in [0.717, 1.165) is 38.5 Å². The van der Waals surface area contributed by atoms with E-state index in [4.69, 9.17) is 18.5 Å². The van der Waals surface area contributed by atoms with E-state index >= 15 is 0 Å². The Bertz CT molecular complexity index is 973. The van der Waals surface area contributed by atoms with Gasteiger partial charge < -0.3 is 39.9 Å². The van der Waals surface area contributed by atoms with E-state index in [1.54, 1.807) is 0 Å². The molecule has 0 radical (unpaired) electrons. The third kappa shape index (κ3) is 28.8. The number of rotatable bonds is 41. The van der Waals surface area contributed by atoms with Gasteiger partial charge in [-0.2, -0.15) is 0 Å². The number of carbonyl (C=O) groups is 1. The lowest BCUT2D eigenvalue weighted by Crippen LogP contribution is -2.64. The Kier molecular flexibility index (Phi) is 35.3. The average molecular weight is 853 g/mol. The van der Waals surface area contributed by atoms with Crippen LogP contribution in [0.15, 0.2) is 0 Å². The zero-order chi connectivity index (χ0) is 42.7. The molecule has 6 N–H and O–H groups in total.